The van der Waals surface area contributed by atoms with E-state index in [0.29, 0.717) is 24.1 Å². The van der Waals surface area contributed by atoms with Gasteiger partial charge in [-0.3, -0.25) is 13.8 Å². The summed E-state index contributed by atoms with van der Waals surface area (Å²) in [5, 5.41) is 0. The van der Waals surface area contributed by atoms with Gasteiger partial charge in [0.15, 0.2) is 0 Å². The van der Waals surface area contributed by atoms with E-state index < -0.39 is 13.9 Å². The van der Waals surface area contributed by atoms with Crippen molar-refractivity contribution < 1.29 is 37.3 Å². The molecule has 0 aliphatic carbocycles. The Labute approximate surface area is 359 Å². The summed E-state index contributed by atoms with van der Waals surface area (Å²) in [5.41, 5.74) is 0. The molecule has 58 heavy (non-hydrogen) atoms. The van der Waals surface area contributed by atoms with Crippen molar-refractivity contribution in [2.24, 2.45) is 0 Å². The van der Waals surface area contributed by atoms with E-state index in [9.17, 15) is 14.3 Å². The molecule has 0 fully saturated rings. The topological polar surface area (TPSA) is 91.3 Å². The third-order valence-corrected chi connectivity index (χ3v) is 11.4. The van der Waals surface area contributed by atoms with Gasteiger partial charge in [-0.05, 0) is 70.6 Å². The highest BCUT2D eigenvalue weighted by atomic mass is 31.2. The number of carbonyl (C=O) groups is 1. The number of nitrogens with zero attached hydrogens (tertiary/aromatic N) is 1. The Balaban J connectivity index is 4.18. The third-order valence-electron chi connectivity index (χ3n) is 10.4. The molecule has 2 unspecified atom stereocenters. The number of allylic oxidation sites excluding steroid dienone is 6. The molecule has 0 spiro atoms. The summed E-state index contributed by atoms with van der Waals surface area (Å²) in [6, 6.07) is 0. The molecule has 0 aromatic heterocycles. The lowest BCUT2D eigenvalue weighted by atomic mass is 10.1. The van der Waals surface area contributed by atoms with Crippen LogP contribution in [0.15, 0.2) is 36.5 Å². The Bertz CT molecular complexity index is 1020. The average Bonchev–Trinajstić information content (AvgIpc) is 3.18. The van der Waals surface area contributed by atoms with E-state index >= 15 is 0 Å². The number of quaternary nitrogens is 1. The fraction of sp³-hybridized carbons (Fsp3) is 0.857. The average molecular weight is 841 g/mol. The second-order valence-corrected chi connectivity index (χ2v) is 18.9. The third kappa shape index (κ3) is 45.8. The molecule has 1 N–H and O–H groups in total. The number of likely N-dealkylation sites (N-methyl/N-ethyl adjacent to an activating group) is 1. The Morgan fingerprint density at radius 1 is 0.534 bits per heavy atom. The summed E-state index contributed by atoms with van der Waals surface area (Å²) in [6.45, 7) is 5.61. The first kappa shape index (κ1) is 56.7. The first-order chi connectivity index (χ1) is 28.1. The predicted molar refractivity (Wildman–Crippen MR) is 247 cm³/mol. The van der Waals surface area contributed by atoms with Crippen molar-refractivity contribution in [2.75, 3.05) is 54.1 Å². The zero-order valence-corrected chi connectivity index (χ0v) is 39.7. The Hall–Kier alpha value is -1.28. The normalized spacial score (nSPS) is 14.0. The van der Waals surface area contributed by atoms with E-state index in [1.807, 2.05) is 21.1 Å². The first-order valence-corrected chi connectivity index (χ1v) is 25.7. The van der Waals surface area contributed by atoms with Gasteiger partial charge in [0, 0.05) is 13.0 Å². The monoisotopic (exact) mass is 841 g/mol. The zero-order valence-electron chi connectivity index (χ0n) is 38.8. The number of unbranched alkanes of at least 4 members (excludes halogenated alkanes) is 25. The lowest BCUT2D eigenvalue weighted by Gasteiger charge is -2.24. The number of hydrogen-bond acceptors (Lipinski definition) is 6. The van der Waals surface area contributed by atoms with Crippen molar-refractivity contribution in [3.8, 4) is 0 Å². The maximum absolute atomic E-state index is 12.7. The van der Waals surface area contributed by atoms with Crippen LogP contribution >= 0.6 is 7.82 Å². The summed E-state index contributed by atoms with van der Waals surface area (Å²) in [7, 11) is 1.66. The first-order valence-electron chi connectivity index (χ1n) is 24.2. The molecular weight excluding hydrogens is 746 g/mol. The molecule has 0 amide bonds. The minimum atomic E-state index is -4.28. The van der Waals surface area contributed by atoms with Crippen LogP contribution in [0.3, 0.4) is 0 Å². The van der Waals surface area contributed by atoms with Gasteiger partial charge in [-0.15, -0.1) is 0 Å². The Morgan fingerprint density at radius 3 is 1.41 bits per heavy atom. The molecule has 2 atom stereocenters. The van der Waals surface area contributed by atoms with Crippen LogP contribution in [0.4, 0.5) is 0 Å². The minimum absolute atomic E-state index is 0.0867. The molecule has 0 aromatic rings. The highest BCUT2D eigenvalue weighted by Crippen LogP contribution is 2.43. The maximum atomic E-state index is 12.7. The second-order valence-electron chi connectivity index (χ2n) is 17.5. The second kappa shape index (κ2) is 42.4. The molecule has 0 rings (SSSR count). The van der Waals surface area contributed by atoms with Gasteiger partial charge < -0.3 is 18.9 Å². The quantitative estimate of drug-likeness (QED) is 0.0215. The molecular formula is C49H95NO7P+. The van der Waals surface area contributed by atoms with Crippen molar-refractivity contribution >= 4 is 13.8 Å². The van der Waals surface area contributed by atoms with E-state index in [1.165, 1.54) is 154 Å². The van der Waals surface area contributed by atoms with Crippen LogP contribution in [0.5, 0.6) is 0 Å². The molecule has 0 saturated carbocycles. The molecule has 0 aliphatic heterocycles. The largest absolute Gasteiger partial charge is 0.472 e. The zero-order chi connectivity index (χ0) is 42.7. The summed E-state index contributed by atoms with van der Waals surface area (Å²) < 4.78 is 35.1. The van der Waals surface area contributed by atoms with Crippen molar-refractivity contribution in [1.82, 2.24) is 0 Å². The van der Waals surface area contributed by atoms with E-state index in [0.717, 1.165) is 38.5 Å². The van der Waals surface area contributed by atoms with Crippen LogP contribution in [0.2, 0.25) is 0 Å². The molecule has 0 saturated heterocycles. The predicted octanol–water partition coefficient (Wildman–Crippen LogP) is 14.6. The van der Waals surface area contributed by atoms with Gasteiger partial charge in [0.2, 0.25) is 0 Å². The van der Waals surface area contributed by atoms with Crippen molar-refractivity contribution in [3.63, 3.8) is 0 Å². The Morgan fingerprint density at radius 2 is 0.948 bits per heavy atom. The highest BCUT2D eigenvalue weighted by Gasteiger charge is 2.26. The van der Waals surface area contributed by atoms with Crippen molar-refractivity contribution in [1.29, 1.82) is 0 Å². The molecule has 9 heteroatoms. The standard InChI is InChI=1S/C49H94NO7P/c1-6-8-10-12-14-16-18-20-22-23-24-25-26-27-28-30-32-34-36-38-40-42-49(51)57-48(47-56-58(52,53)55-45-43-50(3,4)5)46-54-44-41-39-37-35-33-31-29-21-19-17-15-13-11-9-7-2/h18-21,23-24,48H,6-17,22,25-47H2,1-5H3/p+1/b20-18-,21-19-,24-23-. The number of phosphoric acid groups is 1. The summed E-state index contributed by atoms with van der Waals surface area (Å²) >= 11 is 0. The molecule has 0 bridgehead atoms. The van der Waals surface area contributed by atoms with Gasteiger partial charge in [0.1, 0.15) is 19.3 Å². The van der Waals surface area contributed by atoms with Gasteiger partial charge in [-0.2, -0.15) is 0 Å². The molecule has 0 radical (unpaired) electrons. The van der Waals surface area contributed by atoms with Crippen LogP contribution < -0.4 is 0 Å². The van der Waals surface area contributed by atoms with Crippen LogP contribution in [0.25, 0.3) is 0 Å². The highest BCUT2D eigenvalue weighted by molar-refractivity contribution is 7.47. The number of rotatable bonds is 45. The number of phosphoric ester groups is 1. The van der Waals surface area contributed by atoms with Gasteiger partial charge in [-0.25, -0.2) is 4.57 Å². The SMILES string of the molecule is CCCCCCC/C=C\C/C=C\CCCCCCCCCCCC(=O)OC(COCCCCCCCC/C=C\CCCCCCC)COP(=O)(O)OCC[N+](C)(C)C. The smallest absolute Gasteiger partial charge is 0.457 e. The van der Waals surface area contributed by atoms with Crippen LogP contribution in [-0.4, -0.2) is 75.6 Å². The van der Waals surface area contributed by atoms with E-state index in [1.54, 1.807) is 0 Å². The number of esters is 1. The number of hydrogen-bond donors (Lipinski definition) is 1. The van der Waals surface area contributed by atoms with Gasteiger partial charge >= 0.3 is 13.8 Å². The summed E-state index contributed by atoms with van der Waals surface area (Å²) in [6.07, 6.45) is 50.3. The van der Waals surface area contributed by atoms with Gasteiger partial charge in [-0.1, -0.05) is 172 Å². The molecule has 8 nitrogen and oxygen atoms in total. The number of ether oxygens (including phenoxy) is 2. The molecule has 342 valence electrons. The van der Waals surface area contributed by atoms with Crippen molar-refractivity contribution in [2.45, 2.75) is 219 Å². The van der Waals surface area contributed by atoms with Crippen LogP contribution in [0, 0.1) is 0 Å². The van der Waals surface area contributed by atoms with Crippen molar-refractivity contribution in [3.05, 3.63) is 36.5 Å². The maximum Gasteiger partial charge on any atom is 0.472 e. The Kier molecular flexibility index (Phi) is 41.5. The number of carbonyl (C=O) groups excluding carboxylic acids is 1. The fourth-order valence-electron chi connectivity index (χ4n) is 6.64. The molecule has 0 aliphatic rings. The summed E-state index contributed by atoms with van der Waals surface area (Å²) in [4.78, 5) is 23.0. The fourth-order valence-corrected chi connectivity index (χ4v) is 7.38. The molecule has 0 heterocycles. The van der Waals surface area contributed by atoms with Gasteiger partial charge in [0.25, 0.3) is 0 Å². The lowest BCUT2D eigenvalue weighted by molar-refractivity contribution is -0.870. The van der Waals surface area contributed by atoms with E-state index in [-0.39, 0.29) is 25.8 Å². The lowest BCUT2D eigenvalue weighted by Crippen LogP contribution is -2.37. The summed E-state index contributed by atoms with van der Waals surface area (Å²) in [5.74, 6) is -0.319. The van der Waals surface area contributed by atoms with Crippen LogP contribution in [0.1, 0.15) is 213 Å². The molecule has 0 aromatic carbocycles. The minimum Gasteiger partial charge on any atom is -0.457 e. The van der Waals surface area contributed by atoms with E-state index in [4.69, 9.17) is 18.5 Å². The van der Waals surface area contributed by atoms with Crippen LogP contribution in [-0.2, 0) is 27.9 Å². The van der Waals surface area contributed by atoms with Gasteiger partial charge in [0.05, 0.1) is 34.4 Å². The van der Waals surface area contributed by atoms with E-state index in [2.05, 4.69) is 50.3 Å².